The number of nitrogens with one attached hydrogen (secondary N) is 1. The van der Waals surface area contributed by atoms with E-state index in [2.05, 4.69) is 53.5 Å². The number of rotatable bonds is 6. The third-order valence-corrected chi connectivity index (χ3v) is 5.63. The highest BCUT2D eigenvalue weighted by molar-refractivity contribution is 6.04. The number of likely N-dealkylation sites (N-methyl/N-ethyl adjacent to an activating group) is 1. The molecule has 0 atom stereocenters. The first-order valence-corrected chi connectivity index (χ1v) is 10.6. The van der Waals surface area contributed by atoms with Crippen molar-refractivity contribution in [1.29, 1.82) is 0 Å². The summed E-state index contributed by atoms with van der Waals surface area (Å²) in [5.41, 5.74) is 6.39. The van der Waals surface area contributed by atoms with Crippen LogP contribution < -0.4 is 10.2 Å². The van der Waals surface area contributed by atoms with Crippen LogP contribution in [-0.2, 0) is 6.42 Å². The summed E-state index contributed by atoms with van der Waals surface area (Å²) in [6.45, 7) is 3.08. The van der Waals surface area contributed by atoms with E-state index in [-0.39, 0.29) is 5.91 Å². The summed E-state index contributed by atoms with van der Waals surface area (Å²) in [4.78, 5) is 17.4. The first-order chi connectivity index (χ1) is 14.6. The Morgan fingerprint density at radius 1 is 0.967 bits per heavy atom. The van der Waals surface area contributed by atoms with Crippen molar-refractivity contribution in [2.45, 2.75) is 12.8 Å². The number of nitrogens with zero attached hydrogens (tertiary/aromatic N) is 2. The van der Waals surface area contributed by atoms with Gasteiger partial charge in [0.2, 0.25) is 0 Å². The average Bonchev–Trinajstić information content (AvgIpc) is 2.78. The number of hydrogen-bond acceptors (Lipinski definition) is 3. The van der Waals surface area contributed by atoms with Gasteiger partial charge in [0, 0.05) is 36.6 Å². The largest absolute Gasteiger partial charge is 0.370 e. The van der Waals surface area contributed by atoms with Crippen molar-refractivity contribution < 1.29 is 4.79 Å². The quantitative estimate of drug-likeness (QED) is 0.639. The van der Waals surface area contributed by atoms with Gasteiger partial charge in [-0.2, -0.15) is 0 Å². The molecule has 0 fully saturated rings. The number of aryl methyl sites for hydroxylation is 1. The molecule has 1 heterocycles. The molecule has 1 aliphatic rings. The number of hydrogen-bond donors (Lipinski definition) is 1. The molecule has 0 aliphatic carbocycles. The maximum atomic E-state index is 12.8. The lowest BCUT2D eigenvalue weighted by atomic mass is 10.0. The summed E-state index contributed by atoms with van der Waals surface area (Å²) in [5, 5.41) is 3.08. The summed E-state index contributed by atoms with van der Waals surface area (Å²) in [7, 11) is 4.20. The number of anilines is 2. The van der Waals surface area contributed by atoms with E-state index in [9.17, 15) is 4.79 Å². The third-order valence-electron chi connectivity index (χ3n) is 5.63. The van der Waals surface area contributed by atoms with Crippen LogP contribution in [0.3, 0.4) is 0 Å². The van der Waals surface area contributed by atoms with Crippen molar-refractivity contribution in [2.75, 3.05) is 43.9 Å². The second-order valence-electron chi connectivity index (χ2n) is 8.13. The lowest BCUT2D eigenvalue weighted by Gasteiger charge is -2.32. The molecule has 0 spiro atoms. The Morgan fingerprint density at radius 3 is 2.43 bits per heavy atom. The maximum Gasteiger partial charge on any atom is 0.255 e. The van der Waals surface area contributed by atoms with E-state index in [0.717, 1.165) is 42.9 Å². The van der Waals surface area contributed by atoms with Crippen LogP contribution in [0.4, 0.5) is 11.4 Å². The number of carbonyl (C=O) groups excluding carboxylic acids is 1. The van der Waals surface area contributed by atoms with Gasteiger partial charge in [-0.3, -0.25) is 4.79 Å². The van der Waals surface area contributed by atoms with Crippen LogP contribution in [0.15, 0.2) is 72.8 Å². The van der Waals surface area contributed by atoms with Crippen LogP contribution in [0.5, 0.6) is 0 Å². The first kappa shape index (κ1) is 20.2. The van der Waals surface area contributed by atoms with Crippen molar-refractivity contribution >= 4 is 17.3 Å². The van der Waals surface area contributed by atoms with Gasteiger partial charge in [-0.1, -0.05) is 48.5 Å². The molecule has 4 heteroatoms. The summed E-state index contributed by atoms with van der Waals surface area (Å²) in [5.74, 6) is -0.0785. The molecule has 1 aliphatic heterocycles. The van der Waals surface area contributed by atoms with Crippen molar-refractivity contribution in [3.63, 3.8) is 0 Å². The highest BCUT2D eigenvalue weighted by atomic mass is 16.1. The fourth-order valence-electron chi connectivity index (χ4n) is 3.93. The lowest BCUT2D eigenvalue weighted by Crippen LogP contribution is -2.35. The van der Waals surface area contributed by atoms with E-state index in [4.69, 9.17) is 0 Å². The second kappa shape index (κ2) is 9.14. The van der Waals surface area contributed by atoms with Crippen molar-refractivity contribution in [1.82, 2.24) is 4.90 Å². The molecule has 4 rings (SSSR count). The van der Waals surface area contributed by atoms with Gasteiger partial charge in [0.25, 0.3) is 5.91 Å². The monoisotopic (exact) mass is 399 g/mol. The summed E-state index contributed by atoms with van der Waals surface area (Å²) in [6.07, 6.45) is 2.28. The van der Waals surface area contributed by atoms with Crippen LogP contribution in [0.25, 0.3) is 11.1 Å². The molecule has 1 amide bonds. The van der Waals surface area contributed by atoms with E-state index >= 15 is 0 Å². The molecule has 0 unspecified atom stereocenters. The predicted molar refractivity (Wildman–Crippen MR) is 125 cm³/mol. The lowest BCUT2D eigenvalue weighted by molar-refractivity contribution is 0.102. The molecule has 4 nitrogen and oxygen atoms in total. The Kier molecular flexibility index (Phi) is 6.15. The third kappa shape index (κ3) is 4.71. The van der Waals surface area contributed by atoms with E-state index < -0.39 is 0 Å². The average molecular weight is 400 g/mol. The predicted octanol–water partition coefficient (Wildman–Crippen LogP) is 4.92. The summed E-state index contributed by atoms with van der Waals surface area (Å²) in [6, 6.07) is 24.3. The van der Waals surface area contributed by atoms with Gasteiger partial charge >= 0.3 is 0 Å². The fraction of sp³-hybridized carbons (Fsp3) is 0.269. The maximum absolute atomic E-state index is 12.8. The van der Waals surface area contributed by atoms with Crippen LogP contribution in [-0.4, -0.2) is 44.5 Å². The Labute approximate surface area is 179 Å². The minimum Gasteiger partial charge on any atom is -0.370 e. The topological polar surface area (TPSA) is 35.6 Å². The SMILES string of the molecule is CN(C)CCN1CCCc2ccc(NC(=O)c3ccc(-c4ccccc4)cc3)cc21. The zero-order chi connectivity index (χ0) is 20.9. The molecule has 0 saturated carbocycles. The number of fused-ring (bicyclic) bond motifs is 1. The summed E-state index contributed by atoms with van der Waals surface area (Å²) < 4.78 is 0. The van der Waals surface area contributed by atoms with Crippen LogP contribution in [0.1, 0.15) is 22.3 Å². The van der Waals surface area contributed by atoms with E-state index in [0.29, 0.717) is 5.56 Å². The number of carbonyl (C=O) groups is 1. The van der Waals surface area contributed by atoms with Gasteiger partial charge in [0.05, 0.1) is 0 Å². The van der Waals surface area contributed by atoms with Crippen LogP contribution in [0.2, 0.25) is 0 Å². The normalized spacial score (nSPS) is 13.2. The molecule has 0 bridgehead atoms. The van der Waals surface area contributed by atoms with Gasteiger partial charge in [0.15, 0.2) is 0 Å². The summed E-state index contributed by atoms with van der Waals surface area (Å²) >= 11 is 0. The van der Waals surface area contributed by atoms with Gasteiger partial charge < -0.3 is 15.1 Å². The molecule has 0 saturated heterocycles. The minimum atomic E-state index is -0.0785. The fourth-order valence-corrected chi connectivity index (χ4v) is 3.93. The minimum absolute atomic E-state index is 0.0785. The molecule has 0 aromatic heterocycles. The van der Waals surface area contributed by atoms with E-state index in [1.165, 1.54) is 17.7 Å². The standard InChI is InChI=1S/C26H29N3O/c1-28(2)17-18-29-16-6-9-22-14-15-24(19-25(22)29)27-26(30)23-12-10-21(11-13-23)20-7-4-3-5-8-20/h3-5,7-8,10-15,19H,6,9,16-18H2,1-2H3,(H,27,30). The van der Waals surface area contributed by atoms with Crippen molar-refractivity contribution in [3.8, 4) is 11.1 Å². The first-order valence-electron chi connectivity index (χ1n) is 10.6. The number of amides is 1. The van der Waals surface area contributed by atoms with Crippen molar-refractivity contribution in [2.24, 2.45) is 0 Å². The van der Waals surface area contributed by atoms with E-state index in [1.54, 1.807) is 0 Å². The van der Waals surface area contributed by atoms with Gasteiger partial charge in [-0.15, -0.1) is 0 Å². The molecule has 154 valence electrons. The highest BCUT2D eigenvalue weighted by Gasteiger charge is 2.18. The van der Waals surface area contributed by atoms with Crippen LogP contribution in [0, 0.1) is 0 Å². The van der Waals surface area contributed by atoms with E-state index in [1.807, 2.05) is 48.5 Å². The Balaban J connectivity index is 1.47. The second-order valence-corrected chi connectivity index (χ2v) is 8.13. The Hall–Kier alpha value is -3.11. The molecule has 3 aromatic rings. The van der Waals surface area contributed by atoms with Gasteiger partial charge in [-0.05, 0) is 67.9 Å². The number of benzene rings is 3. The van der Waals surface area contributed by atoms with Gasteiger partial charge in [0.1, 0.15) is 0 Å². The van der Waals surface area contributed by atoms with Gasteiger partial charge in [-0.25, -0.2) is 0 Å². The highest BCUT2D eigenvalue weighted by Crippen LogP contribution is 2.30. The zero-order valence-electron chi connectivity index (χ0n) is 17.8. The molecular weight excluding hydrogens is 370 g/mol. The molecular formula is C26H29N3O. The molecule has 30 heavy (non-hydrogen) atoms. The zero-order valence-corrected chi connectivity index (χ0v) is 17.8. The Morgan fingerprint density at radius 2 is 1.70 bits per heavy atom. The Bertz CT molecular complexity index is 997. The smallest absolute Gasteiger partial charge is 0.255 e. The molecule has 1 N–H and O–H groups in total. The molecule has 3 aromatic carbocycles. The molecule has 0 radical (unpaired) electrons. The van der Waals surface area contributed by atoms with Crippen LogP contribution >= 0.6 is 0 Å². The van der Waals surface area contributed by atoms with Crippen molar-refractivity contribution in [3.05, 3.63) is 83.9 Å².